The summed E-state index contributed by atoms with van der Waals surface area (Å²) in [7, 11) is 0. The molecule has 0 bridgehead atoms. The fraction of sp³-hybridized carbons (Fsp3) is 0.462. The largest absolute Gasteiger partial charge is 0.494 e. The van der Waals surface area contributed by atoms with Crippen LogP contribution in [0.5, 0.6) is 5.75 Å². The van der Waals surface area contributed by atoms with E-state index in [0.29, 0.717) is 30.9 Å². The molecule has 0 saturated carbocycles. The van der Waals surface area contributed by atoms with Gasteiger partial charge >= 0.3 is 0 Å². The van der Waals surface area contributed by atoms with Gasteiger partial charge in [-0.2, -0.15) is 0 Å². The Hall–Kier alpha value is -2.90. The fourth-order valence-electron chi connectivity index (χ4n) is 5.00. The number of benzene rings is 2. The first-order valence-electron chi connectivity index (χ1n) is 11.9. The number of rotatable bonds is 7. The molecule has 2 aromatic rings. The maximum atomic E-state index is 13.2. The van der Waals surface area contributed by atoms with Crippen molar-refractivity contribution >= 4 is 17.5 Å². The van der Waals surface area contributed by atoms with Crippen molar-refractivity contribution in [1.29, 1.82) is 0 Å². The molecular weight excluding hydrogens is 418 g/mol. The molecule has 0 aliphatic carbocycles. The van der Waals surface area contributed by atoms with E-state index < -0.39 is 0 Å². The van der Waals surface area contributed by atoms with Crippen molar-refractivity contribution in [2.45, 2.75) is 32.4 Å². The molecule has 2 aromatic carbocycles. The Morgan fingerprint density at radius 3 is 2.48 bits per heavy atom. The highest BCUT2D eigenvalue weighted by Crippen LogP contribution is 2.33. The number of carbonyl (C=O) groups excluding carboxylic acids is 2. The van der Waals surface area contributed by atoms with Crippen LogP contribution in [0.4, 0.5) is 5.69 Å². The molecule has 7 nitrogen and oxygen atoms in total. The summed E-state index contributed by atoms with van der Waals surface area (Å²) in [6.45, 7) is 8.05. The molecule has 3 aliphatic rings. The zero-order valence-corrected chi connectivity index (χ0v) is 19.2. The first-order valence-corrected chi connectivity index (χ1v) is 11.9. The van der Waals surface area contributed by atoms with E-state index >= 15 is 0 Å². The molecule has 3 heterocycles. The summed E-state index contributed by atoms with van der Waals surface area (Å²) in [5.41, 5.74) is 3.22. The second kappa shape index (κ2) is 9.53. The van der Waals surface area contributed by atoms with Gasteiger partial charge in [-0.15, -0.1) is 0 Å². The highest BCUT2D eigenvalue weighted by Gasteiger charge is 2.40. The first-order chi connectivity index (χ1) is 16.1. The van der Waals surface area contributed by atoms with Gasteiger partial charge in [0.05, 0.1) is 36.1 Å². The average Bonchev–Trinajstić information content (AvgIpc) is 3.44. The third-order valence-electron chi connectivity index (χ3n) is 6.74. The van der Waals surface area contributed by atoms with Gasteiger partial charge in [0, 0.05) is 39.3 Å². The van der Waals surface area contributed by atoms with Gasteiger partial charge in [0.25, 0.3) is 11.8 Å². The molecule has 7 heteroatoms. The molecule has 2 fully saturated rings. The Balaban J connectivity index is 1.24. The monoisotopic (exact) mass is 449 g/mol. The topological polar surface area (TPSA) is 62.3 Å². The van der Waals surface area contributed by atoms with E-state index in [1.165, 1.54) is 10.5 Å². The minimum atomic E-state index is -0.193. The highest BCUT2D eigenvalue weighted by molar-refractivity contribution is 6.23. The summed E-state index contributed by atoms with van der Waals surface area (Å²) in [4.78, 5) is 32.3. The standard InChI is InChI=1S/C26H31N3O4/c1-2-32-20-10-8-19(9-11-20)17-27-12-14-28(15-13-27)23-7-3-6-22-24(23)26(31)29(25(22)30)18-21-5-4-16-33-21/h3,6-11,21H,2,4-5,12-18H2,1H3. The summed E-state index contributed by atoms with van der Waals surface area (Å²) < 4.78 is 11.2. The number of nitrogens with zero attached hydrogens (tertiary/aromatic N) is 3. The molecule has 33 heavy (non-hydrogen) atoms. The number of carbonyl (C=O) groups is 2. The van der Waals surface area contributed by atoms with Gasteiger partial charge in [-0.1, -0.05) is 18.2 Å². The molecule has 0 spiro atoms. The molecule has 1 unspecified atom stereocenters. The summed E-state index contributed by atoms with van der Waals surface area (Å²) in [5.74, 6) is 0.524. The van der Waals surface area contributed by atoms with E-state index in [1.54, 1.807) is 6.07 Å². The van der Waals surface area contributed by atoms with Gasteiger partial charge in [0.1, 0.15) is 5.75 Å². The van der Waals surface area contributed by atoms with Crippen molar-refractivity contribution in [3.05, 3.63) is 59.2 Å². The zero-order valence-electron chi connectivity index (χ0n) is 19.2. The third kappa shape index (κ3) is 4.48. The quantitative estimate of drug-likeness (QED) is 0.605. The molecule has 1 atom stereocenters. The number of hydrogen-bond donors (Lipinski definition) is 0. The van der Waals surface area contributed by atoms with Crippen LogP contribution in [0.15, 0.2) is 42.5 Å². The van der Waals surface area contributed by atoms with E-state index in [-0.39, 0.29) is 17.9 Å². The van der Waals surface area contributed by atoms with Crippen molar-refractivity contribution in [3.63, 3.8) is 0 Å². The predicted octanol–water partition coefficient (Wildman–Crippen LogP) is 3.18. The number of imide groups is 1. The predicted molar refractivity (Wildman–Crippen MR) is 126 cm³/mol. The summed E-state index contributed by atoms with van der Waals surface area (Å²) >= 11 is 0. The van der Waals surface area contributed by atoms with Crippen molar-refractivity contribution in [2.75, 3.05) is 50.8 Å². The molecule has 0 radical (unpaired) electrons. The Kier molecular flexibility index (Phi) is 6.33. The van der Waals surface area contributed by atoms with Crippen molar-refractivity contribution in [2.24, 2.45) is 0 Å². The van der Waals surface area contributed by atoms with Crippen LogP contribution in [0.25, 0.3) is 0 Å². The minimum Gasteiger partial charge on any atom is -0.494 e. The maximum Gasteiger partial charge on any atom is 0.263 e. The van der Waals surface area contributed by atoms with Crippen LogP contribution in [0, 0.1) is 0 Å². The lowest BCUT2D eigenvalue weighted by molar-refractivity contribution is 0.0475. The van der Waals surface area contributed by atoms with Crippen molar-refractivity contribution < 1.29 is 19.1 Å². The Morgan fingerprint density at radius 1 is 1.00 bits per heavy atom. The van der Waals surface area contributed by atoms with E-state index in [4.69, 9.17) is 9.47 Å². The Bertz CT molecular complexity index is 1010. The smallest absolute Gasteiger partial charge is 0.263 e. The second-order valence-corrected chi connectivity index (χ2v) is 8.90. The molecule has 174 valence electrons. The molecule has 0 N–H and O–H groups in total. The van der Waals surface area contributed by atoms with Gasteiger partial charge in [0.2, 0.25) is 0 Å². The lowest BCUT2D eigenvalue weighted by atomic mass is 10.1. The molecule has 0 aromatic heterocycles. The Labute approximate surface area is 194 Å². The molecule has 3 aliphatic heterocycles. The van der Waals surface area contributed by atoms with Gasteiger partial charge in [0.15, 0.2) is 0 Å². The van der Waals surface area contributed by atoms with Crippen LogP contribution in [0.3, 0.4) is 0 Å². The average molecular weight is 450 g/mol. The van der Waals surface area contributed by atoms with Crippen LogP contribution < -0.4 is 9.64 Å². The molecule has 5 rings (SSSR count). The summed E-state index contributed by atoms with van der Waals surface area (Å²) in [5, 5.41) is 0. The van der Waals surface area contributed by atoms with Gasteiger partial charge < -0.3 is 14.4 Å². The normalized spacial score (nSPS) is 21.1. The highest BCUT2D eigenvalue weighted by atomic mass is 16.5. The number of amides is 2. The SMILES string of the molecule is CCOc1ccc(CN2CCN(c3cccc4c3C(=O)N(CC3CCCO3)C4=O)CC2)cc1. The second-order valence-electron chi connectivity index (χ2n) is 8.90. The number of anilines is 1. The van der Waals surface area contributed by atoms with E-state index in [1.807, 2.05) is 31.2 Å². The van der Waals surface area contributed by atoms with Crippen molar-refractivity contribution in [3.8, 4) is 5.75 Å². The zero-order chi connectivity index (χ0) is 22.8. The number of fused-ring (bicyclic) bond motifs is 1. The van der Waals surface area contributed by atoms with E-state index in [2.05, 4.69) is 21.9 Å². The lowest BCUT2D eigenvalue weighted by Gasteiger charge is -2.36. The first kappa shape index (κ1) is 21.9. The van der Waals surface area contributed by atoms with Crippen LogP contribution in [-0.2, 0) is 11.3 Å². The minimum absolute atomic E-state index is 0.0400. The molecular formula is C26H31N3O4. The number of ether oxygens (including phenoxy) is 2. The van der Waals surface area contributed by atoms with Crippen LogP contribution in [0.1, 0.15) is 46.0 Å². The van der Waals surface area contributed by atoms with Crippen LogP contribution in [0.2, 0.25) is 0 Å². The van der Waals surface area contributed by atoms with Gasteiger partial charge in [-0.3, -0.25) is 19.4 Å². The number of hydrogen-bond acceptors (Lipinski definition) is 6. The maximum absolute atomic E-state index is 13.2. The van der Waals surface area contributed by atoms with E-state index in [9.17, 15) is 9.59 Å². The Morgan fingerprint density at radius 2 is 1.79 bits per heavy atom. The van der Waals surface area contributed by atoms with Crippen LogP contribution in [-0.4, -0.2) is 73.7 Å². The third-order valence-corrected chi connectivity index (χ3v) is 6.74. The molecule has 2 saturated heterocycles. The van der Waals surface area contributed by atoms with Crippen LogP contribution >= 0.6 is 0 Å². The molecule has 2 amide bonds. The van der Waals surface area contributed by atoms with E-state index in [0.717, 1.165) is 57.0 Å². The van der Waals surface area contributed by atoms with Gasteiger partial charge in [-0.25, -0.2) is 0 Å². The van der Waals surface area contributed by atoms with Crippen molar-refractivity contribution in [1.82, 2.24) is 9.80 Å². The lowest BCUT2D eigenvalue weighted by Crippen LogP contribution is -2.46. The summed E-state index contributed by atoms with van der Waals surface area (Å²) in [6, 6.07) is 13.9. The summed E-state index contributed by atoms with van der Waals surface area (Å²) in [6.07, 6.45) is 1.85. The fourth-order valence-corrected chi connectivity index (χ4v) is 5.00. The van der Waals surface area contributed by atoms with Gasteiger partial charge in [-0.05, 0) is 49.6 Å². The number of piperazine rings is 1.